The Hall–Kier alpha value is -0.570. The molecule has 2 aliphatic carbocycles. The van der Waals surface area contributed by atoms with Gasteiger partial charge >= 0.3 is 5.97 Å². The van der Waals surface area contributed by atoms with E-state index in [1.807, 2.05) is 0 Å². The van der Waals surface area contributed by atoms with Crippen molar-refractivity contribution in [2.45, 2.75) is 77.8 Å². The molecule has 0 aromatic rings. The Labute approximate surface area is 129 Å². The van der Waals surface area contributed by atoms with Gasteiger partial charge in [-0.3, -0.25) is 9.69 Å². The van der Waals surface area contributed by atoms with E-state index in [0.717, 1.165) is 13.0 Å². The van der Waals surface area contributed by atoms with Crippen molar-refractivity contribution in [2.75, 3.05) is 6.54 Å². The lowest BCUT2D eigenvalue weighted by molar-refractivity contribution is -0.145. The average molecular weight is 293 g/mol. The predicted molar refractivity (Wildman–Crippen MR) is 84.2 cm³/mol. The molecule has 3 aliphatic rings. The van der Waals surface area contributed by atoms with Crippen LogP contribution in [-0.2, 0) is 4.79 Å². The molecule has 1 saturated heterocycles. The van der Waals surface area contributed by atoms with Crippen LogP contribution in [0.3, 0.4) is 0 Å². The van der Waals surface area contributed by atoms with E-state index in [1.54, 1.807) is 0 Å². The summed E-state index contributed by atoms with van der Waals surface area (Å²) in [5.74, 6) is 1.15. The van der Waals surface area contributed by atoms with Crippen molar-refractivity contribution < 1.29 is 9.90 Å². The number of carboxylic acid groups (broad SMARTS) is 1. The molecular weight excluding hydrogens is 262 g/mol. The van der Waals surface area contributed by atoms with Gasteiger partial charge in [-0.05, 0) is 48.9 Å². The summed E-state index contributed by atoms with van der Waals surface area (Å²) in [5, 5.41) is 9.81. The number of fused-ring (bicyclic) bond motifs is 1. The molecular formula is C18H31NO2. The highest BCUT2D eigenvalue weighted by Crippen LogP contribution is 2.48. The lowest BCUT2D eigenvalue weighted by Gasteiger charge is -2.46. The van der Waals surface area contributed by atoms with E-state index in [0.29, 0.717) is 23.8 Å². The Bertz CT molecular complexity index is 401. The van der Waals surface area contributed by atoms with Crippen molar-refractivity contribution in [3.05, 3.63) is 0 Å². The molecule has 1 N–H and O–H groups in total. The molecule has 0 spiro atoms. The summed E-state index contributed by atoms with van der Waals surface area (Å²) < 4.78 is 0. The van der Waals surface area contributed by atoms with Crippen LogP contribution in [0.5, 0.6) is 0 Å². The Kier molecular flexibility index (Phi) is 4.06. The van der Waals surface area contributed by atoms with E-state index in [9.17, 15) is 9.90 Å². The third-order valence-corrected chi connectivity index (χ3v) is 6.45. The Morgan fingerprint density at radius 2 is 1.76 bits per heavy atom. The molecule has 21 heavy (non-hydrogen) atoms. The average Bonchev–Trinajstić information content (AvgIpc) is 2.96. The monoisotopic (exact) mass is 293 g/mol. The highest BCUT2D eigenvalue weighted by atomic mass is 16.4. The second kappa shape index (κ2) is 5.57. The van der Waals surface area contributed by atoms with Crippen molar-refractivity contribution >= 4 is 5.97 Å². The maximum Gasteiger partial charge on any atom is 0.321 e. The highest BCUT2D eigenvalue weighted by Gasteiger charge is 2.52. The highest BCUT2D eigenvalue weighted by molar-refractivity contribution is 5.74. The van der Waals surface area contributed by atoms with Crippen LogP contribution in [0.1, 0.15) is 65.7 Å². The van der Waals surface area contributed by atoms with Gasteiger partial charge < -0.3 is 5.11 Å². The summed E-state index contributed by atoms with van der Waals surface area (Å²) in [7, 11) is 0. The molecule has 5 unspecified atom stereocenters. The van der Waals surface area contributed by atoms with Gasteiger partial charge in [-0.1, -0.05) is 40.0 Å². The lowest BCUT2D eigenvalue weighted by atomic mass is 9.69. The minimum atomic E-state index is -0.567. The van der Waals surface area contributed by atoms with Crippen LogP contribution < -0.4 is 0 Å². The Balaban J connectivity index is 1.85. The third-order valence-electron chi connectivity index (χ3n) is 6.45. The first kappa shape index (κ1) is 15.3. The fraction of sp³-hybridized carbons (Fsp3) is 0.944. The van der Waals surface area contributed by atoms with Crippen molar-refractivity contribution in [3.63, 3.8) is 0 Å². The number of carboxylic acids is 1. The first-order valence-electron chi connectivity index (χ1n) is 8.88. The van der Waals surface area contributed by atoms with Crippen LogP contribution in [0.4, 0.5) is 0 Å². The second-order valence-electron chi connectivity index (χ2n) is 8.66. The molecule has 3 nitrogen and oxygen atoms in total. The SMILES string of the molecule is CC(C)(C)C1CCCCC1N1CC2CCCC2C1C(=O)O. The zero-order valence-corrected chi connectivity index (χ0v) is 13.8. The van der Waals surface area contributed by atoms with Crippen molar-refractivity contribution in [1.82, 2.24) is 4.90 Å². The maximum absolute atomic E-state index is 11.9. The summed E-state index contributed by atoms with van der Waals surface area (Å²) in [6.45, 7) is 8.05. The van der Waals surface area contributed by atoms with Crippen LogP contribution in [0, 0.1) is 23.2 Å². The van der Waals surface area contributed by atoms with Gasteiger partial charge in [0, 0.05) is 12.6 Å². The smallest absolute Gasteiger partial charge is 0.321 e. The first-order chi connectivity index (χ1) is 9.89. The molecule has 2 saturated carbocycles. The van der Waals surface area contributed by atoms with E-state index in [2.05, 4.69) is 25.7 Å². The zero-order valence-electron chi connectivity index (χ0n) is 13.8. The molecule has 0 amide bonds. The van der Waals surface area contributed by atoms with E-state index < -0.39 is 5.97 Å². The van der Waals surface area contributed by atoms with Gasteiger partial charge in [0.15, 0.2) is 0 Å². The van der Waals surface area contributed by atoms with E-state index in [4.69, 9.17) is 0 Å². The van der Waals surface area contributed by atoms with Gasteiger partial charge in [-0.15, -0.1) is 0 Å². The second-order valence-corrected chi connectivity index (χ2v) is 8.66. The largest absolute Gasteiger partial charge is 0.480 e. The van der Waals surface area contributed by atoms with Gasteiger partial charge in [0.05, 0.1) is 0 Å². The summed E-state index contributed by atoms with van der Waals surface area (Å²) >= 11 is 0. The zero-order chi connectivity index (χ0) is 15.2. The van der Waals surface area contributed by atoms with E-state index >= 15 is 0 Å². The number of aliphatic carboxylic acids is 1. The molecule has 0 aromatic heterocycles. The van der Waals surface area contributed by atoms with Crippen molar-refractivity contribution in [3.8, 4) is 0 Å². The Morgan fingerprint density at radius 3 is 2.43 bits per heavy atom. The topological polar surface area (TPSA) is 40.5 Å². The molecule has 0 bridgehead atoms. The molecule has 3 fully saturated rings. The first-order valence-corrected chi connectivity index (χ1v) is 8.88. The molecule has 5 atom stereocenters. The number of rotatable bonds is 2. The Morgan fingerprint density at radius 1 is 1.05 bits per heavy atom. The molecule has 0 aromatic carbocycles. The van der Waals surface area contributed by atoms with Gasteiger partial charge in [-0.2, -0.15) is 0 Å². The number of likely N-dealkylation sites (tertiary alicyclic amines) is 1. The van der Waals surface area contributed by atoms with Gasteiger partial charge in [0.1, 0.15) is 6.04 Å². The summed E-state index contributed by atoms with van der Waals surface area (Å²) in [6, 6.07) is 0.288. The predicted octanol–water partition coefficient (Wildman–Crippen LogP) is 3.78. The maximum atomic E-state index is 11.9. The van der Waals surface area contributed by atoms with Crippen LogP contribution in [-0.4, -0.2) is 34.6 Å². The van der Waals surface area contributed by atoms with E-state index in [1.165, 1.54) is 38.5 Å². The molecule has 120 valence electrons. The quantitative estimate of drug-likeness (QED) is 0.842. The standard InChI is InChI=1S/C18H31NO2/c1-18(2,3)14-9-4-5-10-15(14)19-11-12-7-6-8-13(12)16(19)17(20)21/h12-16H,4-11H2,1-3H3,(H,20,21). The summed E-state index contributed by atoms with van der Waals surface area (Å²) in [4.78, 5) is 14.3. The molecule has 1 aliphatic heterocycles. The van der Waals surface area contributed by atoms with Gasteiger partial charge in [-0.25, -0.2) is 0 Å². The molecule has 1 heterocycles. The van der Waals surface area contributed by atoms with Crippen molar-refractivity contribution in [1.29, 1.82) is 0 Å². The number of hydrogen-bond acceptors (Lipinski definition) is 2. The van der Waals surface area contributed by atoms with E-state index in [-0.39, 0.29) is 11.5 Å². The van der Waals surface area contributed by atoms with Crippen LogP contribution in [0.15, 0.2) is 0 Å². The van der Waals surface area contributed by atoms with Gasteiger partial charge in [0.25, 0.3) is 0 Å². The number of hydrogen-bond donors (Lipinski definition) is 1. The number of nitrogens with zero attached hydrogens (tertiary/aromatic N) is 1. The van der Waals surface area contributed by atoms with Crippen LogP contribution in [0.25, 0.3) is 0 Å². The van der Waals surface area contributed by atoms with Crippen molar-refractivity contribution in [2.24, 2.45) is 23.2 Å². The lowest BCUT2D eigenvalue weighted by Crippen LogP contribution is -2.52. The molecule has 3 rings (SSSR count). The fourth-order valence-electron chi connectivity index (χ4n) is 5.52. The minimum absolute atomic E-state index is 0.203. The van der Waals surface area contributed by atoms with Crippen LogP contribution in [0.2, 0.25) is 0 Å². The summed E-state index contributed by atoms with van der Waals surface area (Å²) in [6.07, 6.45) is 8.67. The third kappa shape index (κ3) is 2.74. The fourth-order valence-corrected chi connectivity index (χ4v) is 5.52. The van der Waals surface area contributed by atoms with Crippen LogP contribution >= 0.6 is 0 Å². The van der Waals surface area contributed by atoms with Gasteiger partial charge in [0.2, 0.25) is 0 Å². The minimum Gasteiger partial charge on any atom is -0.480 e. The molecule has 0 radical (unpaired) electrons. The normalized spacial score (nSPS) is 41.2. The summed E-state index contributed by atoms with van der Waals surface area (Å²) in [5.41, 5.74) is 0.284. The number of carbonyl (C=O) groups is 1. The molecule has 3 heteroatoms.